The Kier molecular flexibility index (Phi) is 10.8. The van der Waals surface area contributed by atoms with Crippen LogP contribution in [0.5, 0.6) is 5.75 Å². The second kappa shape index (κ2) is 14.8. The number of hydrogen-bond donors (Lipinski definition) is 2. The lowest BCUT2D eigenvalue weighted by atomic mass is 10.0. The SMILES string of the molecule is COc1ccc2[nH]cc(CCN3C(=O)CN(C(Cl)Cc4ccc(Cl)cc4)C(=O)C3CC(=O)NC(Cl)Cc3ccc(Cl)cc3)c2c1. The van der Waals surface area contributed by atoms with Crippen molar-refractivity contribution < 1.29 is 19.1 Å². The first-order valence-corrected chi connectivity index (χ1v) is 16.0. The molecular formula is C33H32Cl4N4O4. The average molecular weight is 690 g/mol. The molecule has 3 amide bonds. The van der Waals surface area contributed by atoms with Gasteiger partial charge in [0.15, 0.2) is 0 Å². The molecule has 0 bridgehead atoms. The normalized spacial score (nSPS) is 16.6. The zero-order valence-corrected chi connectivity index (χ0v) is 27.5. The minimum absolute atomic E-state index is 0.199. The van der Waals surface area contributed by atoms with Crippen LogP contribution >= 0.6 is 46.4 Å². The van der Waals surface area contributed by atoms with Gasteiger partial charge >= 0.3 is 0 Å². The first kappa shape index (κ1) is 32.9. The van der Waals surface area contributed by atoms with Gasteiger partial charge in [-0.1, -0.05) is 70.7 Å². The molecule has 1 aromatic heterocycles. The highest BCUT2D eigenvalue weighted by Crippen LogP contribution is 2.27. The lowest BCUT2D eigenvalue weighted by Gasteiger charge is -2.42. The molecule has 4 aromatic rings. The summed E-state index contributed by atoms with van der Waals surface area (Å²) in [5, 5.41) is 4.90. The highest BCUT2D eigenvalue weighted by Gasteiger charge is 2.42. The van der Waals surface area contributed by atoms with E-state index < -0.39 is 28.9 Å². The van der Waals surface area contributed by atoms with Crippen molar-refractivity contribution in [2.75, 3.05) is 20.2 Å². The number of fused-ring (bicyclic) bond motifs is 1. The second-order valence-electron chi connectivity index (χ2n) is 10.9. The summed E-state index contributed by atoms with van der Waals surface area (Å²) in [5.41, 5.74) is 2.09. The zero-order chi connectivity index (χ0) is 32.1. The van der Waals surface area contributed by atoms with E-state index in [1.54, 1.807) is 31.4 Å². The van der Waals surface area contributed by atoms with Crippen LogP contribution in [0.4, 0.5) is 0 Å². The van der Waals surface area contributed by atoms with Crippen LogP contribution in [0.1, 0.15) is 23.1 Å². The van der Waals surface area contributed by atoms with Gasteiger partial charge in [0.25, 0.3) is 0 Å². The Hall–Kier alpha value is -3.43. The quantitative estimate of drug-likeness (QED) is 0.137. The summed E-state index contributed by atoms with van der Waals surface area (Å²) in [5.74, 6) is -0.443. The number of piperazine rings is 1. The number of benzene rings is 3. The predicted molar refractivity (Wildman–Crippen MR) is 178 cm³/mol. The van der Waals surface area contributed by atoms with Crippen LogP contribution in [-0.4, -0.2) is 69.7 Å². The van der Waals surface area contributed by atoms with Gasteiger partial charge in [0.05, 0.1) is 13.5 Å². The van der Waals surface area contributed by atoms with Crippen LogP contribution in [0.25, 0.3) is 10.9 Å². The molecule has 3 aromatic carbocycles. The molecule has 1 aliphatic rings. The van der Waals surface area contributed by atoms with Crippen molar-refractivity contribution in [2.45, 2.75) is 42.7 Å². The Bertz CT molecular complexity index is 1660. The van der Waals surface area contributed by atoms with Crippen molar-refractivity contribution in [1.29, 1.82) is 0 Å². The van der Waals surface area contributed by atoms with E-state index in [-0.39, 0.29) is 25.4 Å². The predicted octanol–water partition coefficient (Wildman–Crippen LogP) is 6.19. The molecular weight excluding hydrogens is 658 g/mol. The summed E-state index contributed by atoms with van der Waals surface area (Å²) in [6.45, 7) is 0.0227. The number of aromatic amines is 1. The first-order chi connectivity index (χ1) is 21.6. The average Bonchev–Trinajstić information content (AvgIpc) is 3.42. The van der Waals surface area contributed by atoms with E-state index in [2.05, 4.69) is 10.3 Å². The fourth-order valence-electron chi connectivity index (χ4n) is 5.47. The molecule has 1 saturated heterocycles. The number of carbonyl (C=O) groups excluding carboxylic acids is 3. The van der Waals surface area contributed by atoms with Gasteiger partial charge in [0.1, 0.15) is 29.3 Å². The van der Waals surface area contributed by atoms with Crippen LogP contribution in [0.2, 0.25) is 10.0 Å². The second-order valence-corrected chi connectivity index (χ2v) is 12.8. The molecule has 5 rings (SSSR count). The highest BCUT2D eigenvalue weighted by atomic mass is 35.5. The Morgan fingerprint density at radius 1 is 0.978 bits per heavy atom. The molecule has 3 unspecified atom stereocenters. The molecule has 2 heterocycles. The third-order valence-electron chi connectivity index (χ3n) is 7.85. The standard InChI is InChI=1S/C33H32Cl4N4O4/c1-45-25-10-11-27-26(16-25)22(18-38-27)12-13-40-28(17-31(42)39-29(36)14-20-2-6-23(34)7-3-20)33(44)41(19-32(40)43)30(37)15-21-4-8-24(35)9-5-21/h2-11,16,18,28-30,38H,12-15,17,19H2,1H3,(H,39,42). The van der Waals surface area contributed by atoms with Crippen molar-refractivity contribution in [1.82, 2.24) is 20.1 Å². The van der Waals surface area contributed by atoms with E-state index >= 15 is 0 Å². The molecule has 236 valence electrons. The number of methoxy groups -OCH3 is 1. The number of amides is 3. The molecule has 12 heteroatoms. The van der Waals surface area contributed by atoms with E-state index in [0.29, 0.717) is 35.1 Å². The first-order valence-electron chi connectivity index (χ1n) is 14.4. The number of halogens is 4. The number of carbonyl (C=O) groups is 3. The highest BCUT2D eigenvalue weighted by molar-refractivity contribution is 6.30. The van der Waals surface area contributed by atoms with E-state index in [0.717, 1.165) is 27.6 Å². The van der Waals surface area contributed by atoms with Crippen LogP contribution in [0, 0.1) is 0 Å². The van der Waals surface area contributed by atoms with E-state index in [4.69, 9.17) is 51.1 Å². The zero-order valence-electron chi connectivity index (χ0n) is 24.4. The van der Waals surface area contributed by atoms with Gasteiger partial charge in [-0.3, -0.25) is 14.4 Å². The van der Waals surface area contributed by atoms with Gasteiger partial charge in [-0.25, -0.2) is 0 Å². The summed E-state index contributed by atoms with van der Waals surface area (Å²) in [6, 6.07) is 18.9. The number of nitrogens with zero attached hydrogens (tertiary/aromatic N) is 2. The fraction of sp³-hybridized carbons (Fsp3) is 0.303. The Labute approximate surface area is 281 Å². The van der Waals surface area contributed by atoms with E-state index in [1.807, 2.05) is 48.7 Å². The molecule has 0 spiro atoms. The summed E-state index contributed by atoms with van der Waals surface area (Å²) in [7, 11) is 1.60. The van der Waals surface area contributed by atoms with Crippen molar-refractivity contribution in [2.24, 2.45) is 0 Å². The van der Waals surface area contributed by atoms with Crippen LogP contribution in [0.3, 0.4) is 0 Å². The Morgan fingerprint density at radius 3 is 2.27 bits per heavy atom. The monoisotopic (exact) mass is 688 g/mol. The molecule has 1 fully saturated rings. The minimum atomic E-state index is -1.06. The summed E-state index contributed by atoms with van der Waals surface area (Å²) < 4.78 is 5.38. The van der Waals surface area contributed by atoms with Gasteiger partial charge in [-0.15, -0.1) is 0 Å². The van der Waals surface area contributed by atoms with Gasteiger partial charge in [0, 0.05) is 46.5 Å². The van der Waals surface area contributed by atoms with Crippen molar-refractivity contribution in [3.63, 3.8) is 0 Å². The lowest BCUT2D eigenvalue weighted by molar-refractivity contribution is -0.158. The number of nitrogens with one attached hydrogen (secondary N) is 2. The van der Waals surface area contributed by atoms with Gasteiger partial charge in [0.2, 0.25) is 17.7 Å². The smallest absolute Gasteiger partial charge is 0.247 e. The van der Waals surface area contributed by atoms with Gasteiger partial charge in [-0.2, -0.15) is 0 Å². The van der Waals surface area contributed by atoms with Crippen molar-refractivity contribution >= 4 is 75.0 Å². The number of ether oxygens (including phenoxy) is 1. The number of hydrogen-bond acceptors (Lipinski definition) is 4. The fourth-order valence-corrected chi connectivity index (χ4v) is 6.37. The van der Waals surface area contributed by atoms with E-state index in [1.165, 1.54) is 9.80 Å². The molecule has 0 saturated carbocycles. The van der Waals surface area contributed by atoms with Gasteiger partial charge in [-0.05, 0) is 65.6 Å². The number of alkyl halides is 2. The molecule has 45 heavy (non-hydrogen) atoms. The van der Waals surface area contributed by atoms with Crippen molar-refractivity contribution in [3.8, 4) is 5.75 Å². The number of aromatic nitrogens is 1. The molecule has 8 nitrogen and oxygen atoms in total. The summed E-state index contributed by atoms with van der Waals surface area (Å²) >= 11 is 25.2. The van der Waals surface area contributed by atoms with Crippen LogP contribution in [0.15, 0.2) is 72.9 Å². The van der Waals surface area contributed by atoms with E-state index in [9.17, 15) is 14.4 Å². The summed E-state index contributed by atoms with van der Waals surface area (Å²) in [6.07, 6.45) is 2.72. The molecule has 0 aliphatic carbocycles. The maximum absolute atomic E-state index is 13.9. The third-order valence-corrected chi connectivity index (χ3v) is 9.00. The molecule has 0 radical (unpaired) electrons. The molecule has 3 atom stereocenters. The third kappa shape index (κ3) is 8.24. The Balaban J connectivity index is 1.33. The maximum Gasteiger partial charge on any atom is 0.247 e. The topological polar surface area (TPSA) is 94.7 Å². The van der Waals surface area contributed by atoms with Gasteiger partial charge < -0.3 is 24.8 Å². The lowest BCUT2D eigenvalue weighted by Crippen LogP contribution is -2.62. The van der Waals surface area contributed by atoms with Crippen LogP contribution in [-0.2, 0) is 33.6 Å². The largest absolute Gasteiger partial charge is 0.497 e. The minimum Gasteiger partial charge on any atom is -0.497 e. The number of H-pyrrole nitrogens is 1. The maximum atomic E-state index is 13.9. The molecule has 1 aliphatic heterocycles. The van der Waals surface area contributed by atoms with Crippen molar-refractivity contribution in [3.05, 3.63) is 99.7 Å². The molecule has 2 N–H and O–H groups in total. The Morgan fingerprint density at radius 2 is 1.62 bits per heavy atom. The summed E-state index contributed by atoms with van der Waals surface area (Å²) in [4.78, 5) is 46.9. The van der Waals surface area contributed by atoms with Crippen LogP contribution < -0.4 is 10.1 Å². The number of rotatable bonds is 12.